The Balaban J connectivity index is 1.60. The SMILES string of the molecule is CS(=O)(=O)N(CCN1CCCCC1)C1CN(C(=O)c2cc(Cl)ccc2F)C1. The van der Waals surface area contributed by atoms with Crippen molar-refractivity contribution in [3.8, 4) is 0 Å². The van der Waals surface area contributed by atoms with Gasteiger partial charge in [-0.15, -0.1) is 0 Å². The highest BCUT2D eigenvalue weighted by molar-refractivity contribution is 7.88. The minimum absolute atomic E-state index is 0.0832. The first-order chi connectivity index (χ1) is 12.8. The van der Waals surface area contributed by atoms with Crippen LogP contribution in [-0.2, 0) is 10.0 Å². The molecule has 2 fully saturated rings. The van der Waals surface area contributed by atoms with Crippen molar-refractivity contribution >= 4 is 27.5 Å². The molecule has 2 aliphatic rings. The van der Waals surface area contributed by atoms with Gasteiger partial charge in [0.25, 0.3) is 5.91 Å². The summed E-state index contributed by atoms with van der Waals surface area (Å²) in [5.74, 6) is -1.09. The van der Waals surface area contributed by atoms with Crippen LogP contribution in [0.15, 0.2) is 18.2 Å². The summed E-state index contributed by atoms with van der Waals surface area (Å²) in [4.78, 5) is 16.2. The van der Waals surface area contributed by atoms with Crippen LogP contribution in [0.3, 0.4) is 0 Å². The summed E-state index contributed by atoms with van der Waals surface area (Å²) in [6.07, 6.45) is 4.72. The molecule has 2 heterocycles. The van der Waals surface area contributed by atoms with Crippen LogP contribution in [0.2, 0.25) is 5.02 Å². The van der Waals surface area contributed by atoms with E-state index >= 15 is 0 Å². The van der Waals surface area contributed by atoms with E-state index in [1.54, 1.807) is 0 Å². The quantitative estimate of drug-likeness (QED) is 0.710. The van der Waals surface area contributed by atoms with Gasteiger partial charge < -0.3 is 9.80 Å². The second-order valence-corrected chi connectivity index (χ2v) is 9.64. The van der Waals surface area contributed by atoms with E-state index in [-0.39, 0.29) is 29.7 Å². The molecule has 6 nitrogen and oxygen atoms in total. The van der Waals surface area contributed by atoms with E-state index in [1.807, 2.05) is 0 Å². The number of carbonyl (C=O) groups excluding carboxylic acids is 1. The normalized spacial score (nSPS) is 19.3. The Kier molecular flexibility index (Phi) is 6.40. The summed E-state index contributed by atoms with van der Waals surface area (Å²) in [6.45, 7) is 3.63. The van der Waals surface area contributed by atoms with E-state index in [1.165, 1.54) is 34.0 Å². The average Bonchev–Trinajstić information content (AvgIpc) is 2.58. The molecule has 2 aliphatic heterocycles. The molecule has 2 saturated heterocycles. The molecule has 1 amide bonds. The highest BCUT2D eigenvalue weighted by Crippen LogP contribution is 2.23. The maximum Gasteiger partial charge on any atom is 0.256 e. The first kappa shape index (κ1) is 20.5. The number of hydrogen-bond acceptors (Lipinski definition) is 4. The maximum absolute atomic E-state index is 13.9. The van der Waals surface area contributed by atoms with Crippen LogP contribution in [0.5, 0.6) is 0 Å². The second-order valence-electron chi connectivity index (χ2n) is 7.26. The van der Waals surface area contributed by atoms with Gasteiger partial charge in [-0.25, -0.2) is 12.8 Å². The van der Waals surface area contributed by atoms with Crippen molar-refractivity contribution in [2.75, 3.05) is 45.5 Å². The van der Waals surface area contributed by atoms with Crippen molar-refractivity contribution < 1.29 is 17.6 Å². The Labute approximate surface area is 164 Å². The summed E-state index contributed by atoms with van der Waals surface area (Å²) >= 11 is 5.85. The Bertz CT molecular complexity index is 793. The highest BCUT2D eigenvalue weighted by atomic mass is 35.5. The fraction of sp³-hybridized carbons (Fsp3) is 0.611. The Hall–Kier alpha value is -1.22. The molecular weight excluding hydrogens is 393 g/mol. The molecule has 0 N–H and O–H groups in total. The minimum atomic E-state index is -3.38. The number of hydrogen-bond donors (Lipinski definition) is 0. The molecule has 0 aliphatic carbocycles. The summed E-state index contributed by atoms with van der Waals surface area (Å²) in [7, 11) is -3.38. The van der Waals surface area contributed by atoms with Crippen molar-refractivity contribution in [3.05, 3.63) is 34.6 Å². The standard InChI is InChI=1S/C18H25ClFN3O3S/c1-27(25,26)23(10-9-21-7-3-2-4-8-21)15-12-22(13-15)18(24)16-11-14(19)5-6-17(16)20/h5-6,11,15H,2-4,7-10,12-13H2,1H3. The molecule has 1 aromatic carbocycles. The molecule has 9 heteroatoms. The maximum atomic E-state index is 13.9. The summed E-state index contributed by atoms with van der Waals surface area (Å²) in [5.41, 5.74) is -0.0832. The van der Waals surface area contributed by atoms with Gasteiger partial charge in [-0.05, 0) is 44.1 Å². The topological polar surface area (TPSA) is 60.9 Å². The van der Waals surface area contributed by atoms with Gasteiger partial charge in [-0.2, -0.15) is 4.31 Å². The largest absolute Gasteiger partial charge is 0.335 e. The molecular formula is C18H25ClFN3O3S. The third-order valence-corrected chi connectivity index (χ3v) is 6.79. The van der Waals surface area contributed by atoms with Gasteiger partial charge in [-0.1, -0.05) is 18.0 Å². The predicted octanol–water partition coefficient (Wildman–Crippen LogP) is 2.05. The van der Waals surface area contributed by atoms with Crippen LogP contribution in [0.1, 0.15) is 29.6 Å². The lowest BCUT2D eigenvalue weighted by Gasteiger charge is -2.44. The smallest absolute Gasteiger partial charge is 0.256 e. The van der Waals surface area contributed by atoms with Gasteiger partial charge >= 0.3 is 0 Å². The van der Waals surface area contributed by atoms with Crippen molar-refractivity contribution in [1.29, 1.82) is 0 Å². The molecule has 1 aromatic rings. The van der Waals surface area contributed by atoms with Crippen molar-refractivity contribution in [3.63, 3.8) is 0 Å². The number of nitrogens with zero attached hydrogens (tertiary/aromatic N) is 3. The minimum Gasteiger partial charge on any atom is -0.335 e. The third-order valence-electron chi connectivity index (χ3n) is 5.23. The van der Waals surface area contributed by atoms with Crippen LogP contribution >= 0.6 is 11.6 Å². The fourth-order valence-corrected chi connectivity index (χ4v) is 4.94. The highest BCUT2D eigenvalue weighted by Gasteiger charge is 2.39. The first-order valence-corrected chi connectivity index (χ1v) is 11.4. The van der Waals surface area contributed by atoms with E-state index in [9.17, 15) is 17.6 Å². The third kappa shape index (κ3) is 4.99. The molecule has 0 radical (unpaired) electrons. The van der Waals surface area contributed by atoms with Gasteiger partial charge in [-0.3, -0.25) is 4.79 Å². The Morgan fingerprint density at radius 2 is 1.93 bits per heavy atom. The van der Waals surface area contributed by atoms with E-state index < -0.39 is 21.7 Å². The fourth-order valence-electron chi connectivity index (χ4n) is 3.68. The van der Waals surface area contributed by atoms with Crippen LogP contribution < -0.4 is 0 Å². The van der Waals surface area contributed by atoms with E-state index in [4.69, 9.17) is 11.6 Å². The monoisotopic (exact) mass is 417 g/mol. The number of carbonyl (C=O) groups is 1. The molecule has 0 saturated carbocycles. The number of sulfonamides is 1. The van der Waals surface area contributed by atoms with Crippen molar-refractivity contribution in [1.82, 2.24) is 14.1 Å². The van der Waals surface area contributed by atoms with Crippen LogP contribution in [0.25, 0.3) is 0 Å². The lowest BCUT2D eigenvalue weighted by molar-refractivity contribution is 0.0433. The predicted molar refractivity (Wildman–Crippen MR) is 103 cm³/mol. The number of rotatable bonds is 6. The molecule has 0 atom stereocenters. The number of amides is 1. The van der Waals surface area contributed by atoms with Gasteiger partial charge in [0.15, 0.2) is 0 Å². The molecule has 0 bridgehead atoms. The average molecular weight is 418 g/mol. The van der Waals surface area contributed by atoms with Gasteiger partial charge in [0.2, 0.25) is 10.0 Å². The number of halogens is 2. The van der Waals surface area contributed by atoms with E-state index in [2.05, 4.69) is 4.90 Å². The second kappa shape index (κ2) is 8.43. The zero-order valence-electron chi connectivity index (χ0n) is 15.4. The van der Waals surface area contributed by atoms with Crippen LogP contribution in [0.4, 0.5) is 4.39 Å². The number of benzene rings is 1. The first-order valence-electron chi connectivity index (χ1n) is 9.19. The van der Waals surface area contributed by atoms with Crippen molar-refractivity contribution in [2.24, 2.45) is 0 Å². The van der Waals surface area contributed by atoms with E-state index in [0.29, 0.717) is 13.1 Å². The van der Waals surface area contributed by atoms with Crippen molar-refractivity contribution in [2.45, 2.75) is 25.3 Å². The molecule has 0 unspecified atom stereocenters. The molecule has 150 valence electrons. The zero-order chi connectivity index (χ0) is 19.6. The Morgan fingerprint density at radius 3 is 2.56 bits per heavy atom. The molecule has 0 aromatic heterocycles. The van der Waals surface area contributed by atoms with E-state index in [0.717, 1.165) is 32.0 Å². The zero-order valence-corrected chi connectivity index (χ0v) is 17.0. The summed E-state index contributed by atoms with van der Waals surface area (Å²) in [6, 6.07) is 3.58. The number of likely N-dealkylation sites (tertiary alicyclic amines) is 2. The number of piperidine rings is 1. The summed E-state index contributed by atoms with van der Waals surface area (Å²) in [5, 5.41) is 0.288. The van der Waals surface area contributed by atoms with Gasteiger partial charge in [0, 0.05) is 31.2 Å². The van der Waals surface area contributed by atoms with Crippen LogP contribution in [-0.4, -0.2) is 80.0 Å². The van der Waals surface area contributed by atoms with Gasteiger partial charge in [0.05, 0.1) is 17.9 Å². The molecule has 27 heavy (non-hydrogen) atoms. The van der Waals surface area contributed by atoms with Crippen LogP contribution in [0, 0.1) is 5.82 Å². The summed E-state index contributed by atoms with van der Waals surface area (Å²) < 4.78 is 39.8. The Morgan fingerprint density at radius 1 is 1.26 bits per heavy atom. The van der Waals surface area contributed by atoms with Gasteiger partial charge in [0.1, 0.15) is 5.82 Å². The molecule has 3 rings (SSSR count). The molecule has 0 spiro atoms. The lowest BCUT2D eigenvalue weighted by Crippen LogP contribution is -2.63. The lowest BCUT2D eigenvalue weighted by atomic mass is 10.1.